The maximum atomic E-state index is 8.52. The van der Waals surface area contributed by atoms with Gasteiger partial charge >= 0.3 is 0 Å². The first-order chi connectivity index (χ1) is 8.58. The molecule has 0 aliphatic carbocycles. The Morgan fingerprint density at radius 2 is 2.17 bits per heavy atom. The molecule has 0 unspecified atom stereocenters. The van der Waals surface area contributed by atoms with Crippen molar-refractivity contribution < 1.29 is 14.7 Å². The molecular formula is C12H17BrN2O3. The molecule has 0 aromatic heterocycles. The highest BCUT2D eigenvalue weighted by Gasteiger charge is 2.11. The van der Waals surface area contributed by atoms with Crippen molar-refractivity contribution in [2.75, 3.05) is 34.4 Å². The van der Waals surface area contributed by atoms with Gasteiger partial charge in [-0.3, -0.25) is 0 Å². The third-order valence-corrected chi connectivity index (χ3v) is 2.83. The van der Waals surface area contributed by atoms with Gasteiger partial charge in [-0.25, -0.2) is 0 Å². The fourth-order valence-electron chi connectivity index (χ4n) is 1.35. The average Bonchev–Trinajstić information content (AvgIpc) is 2.31. The lowest BCUT2D eigenvalue weighted by Crippen LogP contribution is -2.19. The molecule has 6 heteroatoms. The van der Waals surface area contributed by atoms with E-state index in [2.05, 4.69) is 21.1 Å². The number of hydrogen-bond donors (Lipinski definition) is 1. The molecule has 18 heavy (non-hydrogen) atoms. The molecular weight excluding hydrogens is 300 g/mol. The predicted octanol–water partition coefficient (Wildman–Crippen LogP) is 2.21. The van der Waals surface area contributed by atoms with E-state index in [4.69, 9.17) is 14.7 Å². The first-order valence-corrected chi connectivity index (χ1v) is 6.20. The zero-order chi connectivity index (χ0) is 13.5. The SMILES string of the molecule is COc1cc(C=NO)cc(Br)c1OCCN(C)C. The fourth-order valence-corrected chi connectivity index (χ4v) is 1.93. The Bertz CT molecular complexity index is 422. The molecule has 0 spiro atoms. The van der Waals surface area contributed by atoms with Crippen LogP contribution >= 0.6 is 15.9 Å². The van der Waals surface area contributed by atoms with Crippen LogP contribution in [0.5, 0.6) is 11.5 Å². The lowest BCUT2D eigenvalue weighted by molar-refractivity contribution is 0.249. The second-order valence-electron chi connectivity index (χ2n) is 3.93. The van der Waals surface area contributed by atoms with Crippen LogP contribution in [0.4, 0.5) is 0 Å². The van der Waals surface area contributed by atoms with Crippen LogP contribution in [0.15, 0.2) is 21.8 Å². The monoisotopic (exact) mass is 316 g/mol. The Hall–Kier alpha value is -1.27. The summed E-state index contributed by atoms with van der Waals surface area (Å²) in [7, 11) is 5.54. The normalized spacial score (nSPS) is 11.2. The Morgan fingerprint density at radius 1 is 1.44 bits per heavy atom. The third-order valence-electron chi connectivity index (χ3n) is 2.24. The molecule has 0 fully saturated rings. The fraction of sp³-hybridized carbons (Fsp3) is 0.417. The highest BCUT2D eigenvalue weighted by Crippen LogP contribution is 2.36. The van der Waals surface area contributed by atoms with Crippen LogP contribution in [0, 0.1) is 0 Å². The largest absolute Gasteiger partial charge is 0.493 e. The summed E-state index contributed by atoms with van der Waals surface area (Å²) in [5.41, 5.74) is 0.723. The minimum absolute atomic E-state index is 0.565. The summed E-state index contributed by atoms with van der Waals surface area (Å²) in [6.45, 7) is 1.38. The molecule has 0 radical (unpaired) electrons. The summed E-state index contributed by atoms with van der Waals surface area (Å²) >= 11 is 3.41. The van der Waals surface area contributed by atoms with Crippen molar-refractivity contribution in [2.24, 2.45) is 5.16 Å². The number of benzene rings is 1. The maximum absolute atomic E-state index is 8.52. The molecule has 1 aromatic carbocycles. The lowest BCUT2D eigenvalue weighted by atomic mass is 10.2. The number of ether oxygens (including phenoxy) is 2. The Balaban J connectivity index is 2.89. The molecule has 100 valence electrons. The average molecular weight is 317 g/mol. The van der Waals surface area contributed by atoms with E-state index in [0.717, 1.165) is 16.6 Å². The number of nitrogens with zero attached hydrogens (tertiary/aromatic N) is 2. The van der Waals surface area contributed by atoms with Crippen LogP contribution in [0.2, 0.25) is 0 Å². The Labute approximate surface area is 115 Å². The molecule has 0 aliphatic heterocycles. The molecule has 0 amide bonds. The minimum atomic E-state index is 0.565. The van der Waals surface area contributed by atoms with Crippen molar-refractivity contribution in [2.45, 2.75) is 0 Å². The van der Waals surface area contributed by atoms with Gasteiger partial charge in [-0.15, -0.1) is 0 Å². The highest BCUT2D eigenvalue weighted by atomic mass is 79.9. The van der Waals surface area contributed by atoms with Gasteiger partial charge in [0.15, 0.2) is 11.5 Å². The molecule has 0 bridgehead atoms. The van der Waals surface area contributed by atoms with E-state index >= 15 is 0 Å². The molecule has 0 heterocycles. The molecule has 1 rings (SSSR count). The second kappa shape index (κ2) is 7.23. The first-order valence-electron chi connectivity index (χ1n) is 5.41. The summed E-state index contributed by atoms with van der Waals surface area (Å²) in [6, 6.07) is 3.54. The molecule has 0 atom stereocenters. The van der Waals surface area contributed by atoms with E-state index in [-0.39, 0.29) is 0 Å². The zero-order valence-corrected chi connectivity index (χ0v) is 12.3. The van der Waals surface area contributed by atoms with Crippen molar-refractivity contribution in [1.29, 1.82) is 0 Å². The standard InChI is InChI=1S/C12H17BrN2O3/c1-15(2)4-5-18-12-10(13)6-9(8-14-16)7-11(12)17-3/h6-8,16H,4-5H2,1-3H3. The van der Waals surface area contributed by atoms with Gasteiger partial charge in [-0.05, 0) is 42.2 Å². The number of oxime groups is 1. The van der Waals surface area contributed by atoms with Gasteiger partial charge in [0.05, 0.1) is 17.8 Å². The van der Waals surface area contributed by atoms with Crippen molar-refractivity contribution >= 4 is 22.1 Å². The van der Waals surface area contributed by atoms with Crippen molar-refractivity contribution in [3.8, 4) is 11.5 Å². The van der Waals surface area contributed by atoms with Crippen molar-refractivity contribution in [1.82, 2.24) is 4.90 Å². The summed E-state index contributed by atoms with van der Waals surface area (Å²) in [5.74, 6) is 1.24. The van der Waals surface area contributed by atoms with Crippen LogP contribution in [0.1, 0.15) is 5.56 Å². The van der Waals surface area contributed by atoms with Gasteiger partial charge in [-0.1, -0.05) is 5.16 Å². The molecule has 1 N–H and O–H groups in total. The molecule has 5 nitrogen and oxygen atoms in total. The first kappa shape index (κ1) is 14.8. The maximum Gasteiger partial charge on any atom is 0.175 e. The summed E-state index contributed by atoms with van der Waals surface area (Å²) in [6.07, 6.45) is 1.33. The van der Waals surface area contributed by atoms with Gasteiger partial charge in [0.25, 0.3) is 0 Å². The topological polar surface area (TPSA) is 54.3 Å². The van der Waals surface area contributed by atoms with Gasteiger partial charge in [0, 0.05) is 12.1 Å². The quantitative estimate of drug-likeness (QED) is 0.496. The zero-order valence-electron chi connectivity index (χ0n) is 10.7. The predicted molar refractivity (Wildman–Crippen MR) is 74.1 cm³/mol. The van der Waals surface area contributed by atoms with E-state index in [1.54, 1.807) is 19.2 Å². The Kier molecular flexibility index (Phi) is 5.94. The van der Waals surface area contributed by atoms with E-state index in [1.165, 1.54) is 6.21 Å². The van der Waals surface area contributed by atoms with E-state index in [1.807, 2.05) is 19.0 Å². The smallest absolute Gasteiger partial charge is 0.175 e. The highest BCUT2D eigenvalue weighted by molar-refractivity contribution is 9.10. The minimum Gasteiger partial charge on any atom is -0.493 e. The van der Waals surface area contributed by atoms with Gasteiger partial charge in [0.2, 0.25) is 0 Å². The molecule has 1 aromatic rings. The number of rotatable bonds is 6. The summed E-state index contributed by atoms with van der Waals surface area (Å²) < 4.78 is 11.7. The van der Waals surface area contributed by atoms with Crippen LogP contribution < -0.4 is 9.47 Å². The number of hydrogen-bond acceptors (Lipinski definition) is 5. The third kappa shape index (κ3) is 4.19. The van der Waals surface area contributed by atoms with Gasteiger partial charge in [0.1, 0.15) is 6.61 Å². The van der Waals surface area contributed by atoms with E-state index in [0.29, 0.717) is 18.1 Å². The molecule has 0 saturated carbocycles. The van der Waals surface area contributed by atoms with Gasteiger partial charge < -0.3 is 19.6 Å². The van der Waals surface area contributed by atoms with Crippen LogP contribution in [0.3, 0.4) is 0 Å². The molecule has 0 aliphatic rings. The van der Waals surface area contributed by atoms with Crippen LogP contribution in [-0.4, -0.2) is 50.7 Å². The number of halogens is 1. The number of likely N-dealkylation sites (N-methyl/N-ethyl adjacent to an activating group) is 1. The van der Waals surface area contributed by atoms with E-state index < -0.39 is 0 Å². The van der Waals surface area contributed by atoms with Crippen molar-refractivity contribution in [3.63, 3.8) is 0 Å². The van der Waals surface area contributed by atoms with Crippen molar-refractivity contribution in [3.05, 3.63) is 22.2 Å². The second-order valence-corrected chi connectivity index (χ2v) is 4.78. The van der Waals surface area contributed by atoms with Crippen LogP contribution in [-0.2, 0) is 0 Å². The lowest BCUT2D eigenvalue weighted by Gasteiger charge is -2.15. The Morgan fingerprint density at radius 3 is 2.72 bits per heavy atom. The molecule has 0 saturated heterocycles. The number of methoxy groups -OCH3 is 1. The van der Waals surface area contributed by atoms with E-state index in [9.17, 15) is 0 Å². The van der Waals surface area contributed by atoms with Crippen LogP contribution in [0.25, 0.3) is 0 Å². The van der Waals surface area contributed by atoms with Gasteiger partial charge in [-0.2, -0.15) is 0 Å². The summed E-state index contributed by atoms with van der Waals surface area (Å²) in [4.78, 5) is 2.03. The summed E-state index contributed by atoms with van der Waals surface area (Å²) in [5, 5.41) is 11.5.